The van der Waals surface area contributed by atoms with E-state index in [9.17, 15) is 4.79 Å². The molecule has 5 rings (SSSR count). The summed E-state index contributed by atoms with van der Waals surface area (Å²) in [6, 6.07) is 13.8. The monoisotopic (exact) mass is 550 g/mol. The number of rotatable bonds is 9. The number of aromatic amines is 1. The van der Waals surface area contributed by atoms with E-state index in [2.05, 4.69) is 20.4 Å². The van der Waals surface area contributed by atoms with E-state index >= 15 is 0 Å². The molecule has 1 saturated heterocycles. The van der Waals surface area contributed by atoms with Crippen LogP contribution in [0.5, 0.6) is 11.5 Å². The van der Waals surface area contributed by atoms with Crippen LogP contribution in [0.15, 0.2) is 52.3 Å². The summed E-state index contributed by atoms with van der Waals surface area (Å²) in [7, 11) is 1.66. The Morgan fingerprint density at radius 1 is 1.14 bits per heavy atom. The van der Waals surface area contributed by atoms with Gasteiger partial charge in [0.1, 0.15) is 11.5 Å². The third-order valence-electron chi connectivity index (χ3n) is 6.50. The van der Waals surface area contributed by atoms with Gasteiger partial charge >= 0.3 is 0 Å². The van der Waals surface area contributed by atoms with Gasteiger partial charge < -0.3 is 19.7 Å². The van der Waals surface area contributed by atoms with Gasteiger partial charge in [-0.15, -0.1) is 24.8 Å². The van der Waals surface area contributed by atoms with Crippen molar-refractivity contribution in [3.8, 4) is 11.5 Å². The average molecular weight is 552 g/mol. The highest BCUT2D eigenvalue weighted by Gasteiger charge is 2.23. The van der Waals surface area contributed by atoms with E-state index in [0.29, 0.717) is 17.4 Å². The number of aromatic nitrogens is 2. The van der Waals surface area contributed by atoms with Crippen LogP contribution in [0.4, 0.5) is 0 Å². The highest BCUT2D eigenvalue weighted by atomic mass is 35.5. The molecular formula is C26H32Cl2N4O3S. The number of hydrogen-bond donors (Lipinski definition) is 2. The van der Waals surface area contributed by atoms with Crippen LogP contribution in [0.2, 0.25) is 0 Å². The zero-order valence-electron chi connectivity index (χ0n) is 20.2. The minimum absolute atomic E-state index is 0. The van der Waals surface area contributed by atoms with Gasteiger partial charge in [0.15, 0.2) is 0 Å². The van der Waals surface area contributed by atoms with Crippen molar-refractivity contribution in [2.24, 2.45) is 5.92 Å². The summed E-state index contributed by atoms with van der Waals surface area (Å²) in [5, 5.41) is 11.7. The number of hydrogen-bond acceptors (Lipinski definition) is 6. The molecule has 3 heterocycles. The lowest BCUT2D eigenvalue weighted by Gasteiger charge is -2.32. The van der Waals surface area contributed by atoms with Crippen LogP contribution in [0, 0.1) is 5.92 Å². The molecule has 3 aromatic rings. The first kappa shape index (κ1) is 28.2. The molecule has 2 aliphatic rings. The first-order valence-electron chi connectivity index (χ1n) is 11.8. The second-order valence-corrected chi connectivity index (χ2v) is 9.85. The number of methoxy groups -OCH3 is 1. The molecular weight excluding hydrogens is 519 g/mol. The fourth-order valence-corrected chi connectivity index (χ4v) is 5.56. The standard InChI is InChI=1S/C26H30N4O3S.2ClH/c1-32-19-6-8-20(9-7-19)33-15-3-12-30-13-10-18(11-14-30)17-27-26(31)24-16-22-25-21(28-29-22)4-2-5-23(25)34-24;;/h2,4-9,16,18H,3,10-15,17H2,1H3,(H,27,31)(H,28,29);2*1H. The number of halogens is 2. The number of ether oxygens (including phenoxy) is 2. The molecule has 1 aromatic heterocycles. The lowest BCUT2D eigenvalue weighted by Crippen LogP contribution is -2.39. The Morgan fingerprint density at radius 2 is 1.89 bits per heavy atom. The maximum atomic E-state index is 12.8. The Bertz CT molecular complexity index is 1180. The second kappa shape index (κ2) is 13.2. The molecule has 2 N–H and O–H groups in total. The highest BCUT2D eigenvalue weighted by Crippen LogP contribution is 2.39. The number of thioether (sulfide) groups is 1. The summed E-state index contributed by atoms with van der Waals surface area (Å²) < 4.78 is 11.0. The van der Waals surface area contributed by atoms with Gasteiger partial charge in [-0.1, -0.05) is 17.8 Å². The largest absolute Gasteiger partial charge is 0.497 e. The molecule has 1 amide bonds. The third kappa shape index (κ3) is 6.68. The molecule has 0 unspecified atom stereocenters. The summed E-state index contributed by atoms with van der Waals surface area (Å²) in [5.41, 5.74) is 1.86. The minimum atomic E-state index is -0.00577. The van der Waals surface area contributed by atoms with Crippen molar-refractivity contribution in [3.05, 3.63) is 53.1 Å². The first-order chi connectivity index (χ1) is 16.7. The molecule has 0 aliphatic carbocycles. The van der Waals surface area contributed by atoms with Crippen molar-refractivity contribution in [2.45, 2.75) is 24.2 Å². The number of H-pyrrole nitrogens is 1. The molecule has 2 aliphatic heterocycles. The molecule has 10 heteroatoms. The van der Waals surface area contributed by atoms with Crippen LogP contribution in [-0.2, 0) is 4.79 Å². The highest BCUT2D eigenvalue weighted by molar-refractivity contribution is 8.04. The molecule has 7 nitrogen and oxygen atoms in total. The molecule has 2 aromatic carbocycles. The normalized spacial score (nSPS) is 15.4. The number of carbonyl (C=O) groups is 1. The van der Waals surface area contributed by atoms with Gasteiger partial charge in [0, 0.05) is 23.4 Å². The van der Waals surface area contributed by atoms with Crippen molar-refractivity contribution >= 4 is 59.5 Å². The fourth-order valence-electron chi connectivity index (χ4n) is 4.53. The molecule has 0 radical (unpaired) electrons. The molecule has 1 fully saturated rings. The number of carbonyl (C=O) groups excluding carboxylic acids is 1. The van der Waals surface area contributed by atoms with Crippen molar-refractivity contribution in [1.82, 2.24) is 20.4 Å². The number of likely N-dealkylation sites (tertiary alicyclic amines) is 1. The maximum Gasteiger partial charge on any atom is 0.258 e. The van der Waals surface area contributed by atoms with Crippen molar-refractivity contribution in [3.63, 3.8) is 0 Å². The molecule has 0 spiro atoms. The third-order valence-corrected chi connectivity index (χ3v) is 7.58. The first-order valence-corrected chi connectivity index (χ1v) is 12.7. The molecule has 0 bridgehead atoms. The van der Waals surface area contributed by atoms with E-state index in [4.69, 9.17) is 9.47 Å². The zero-order chi connectivity index (χ0) is 23.3. The summed E-state index contributed by atoms with van der Waals surface area (Å²) >= 11 is 1.52. The van der Waals surface area contributed by atoms with Crippen molar-refractivity contribution in [1.29, 1.82) is 0 Å². The van der Waals surface area contributed by atoms with Crippen molar-refractivity contribution < 1.29 is 14.3 Å². The number of piperidine rings is 1. The van der Waals surface area contributed by atoms with Gasteiger partial charge in [-0.25, -0.2) is 0 Å². The predicted octanol–water partition coefficient (Wildman–Crippen LogP) is 5.16. The second-order valence-electron chi connectivity index (χ2n) is 8.77. The van der Waals surface area contributed by atoms with Crippen molar-refractivity contribution in [2.75, 3.05) is 39.9 Å². The van der Waals surface area contributed by atoms with E-state index in [1.807, 2.05) is 48.5 Å². The van der Waals surface area contributed by atoms with Gasteiger partial charge in [0.25, 0.3) is 5.91 Å². The average Bonchev–Trinajstić information content (AvgIpc) is 3.30. The van der Waals surface area contributed by atoms with Crippen LogP contribution in [0.3, 0.4) is 0 Å². The predicted molar refractivity (Wildman–Crippen MR) is 150 cm³/mol. The summed E-state index contributed by atoms with van der Waals surface area (Å²) in [4.78, 5) is 17.1. The van der Waals surface area contributed by atoms with E-state index < -0.39 is 0 Å². The number of nitrogens with one attached hydrogen (secondary N) is 2. The summed E-state index contributed by atoms with van der Waals surface area (Å²) in [6.07, 6.45) is 5.10. The van der Waals surface area contributed by atoms with Crippen LogP contribution in [-0.4, -0.2) is 60.9 Å². The minimum Gasteiger partial charge on any atom is -0.497 e. The lowest BCUT2D eigenvalue weighted by molar-refractivity contribution is -0.117. The van der Waals surface area contributed by atoms with Gasteiger partial charge in [-0.3, -0.25) is 9.89 Å². The van der Waals surface area contributed by atoms with Crippen LogP contribution in [0.25, 0.3) is 17.0 Å². The Balaban J connectivity index is 0.00000180. The van der Waals surface area contributed by atoms with Crippen LogP contribution >= 0.6 is 36.6 Å². The van der Waals surface area contributed by atoms with E-state index in [-0.39, 0.29) is 30.7 Å². The van der Waals surface area contributed by atoms with Crippen LogP contribution < -0.4 is 14.8 Å². The molecule has 0 atom stereocenters. The van der Waals surface area contributed by atoms with Gasteiger partial charge in [0.2, 0.25) is 0 Å². The molecule has 0 saturated carbocycles. The zero-order valence-corrected chi connectivity index (χ0v) is 22.6. The van der Waals surface area contributed by atoms with Gasteiger partial charge in [-0.2, -0.15) is 5.10 Å². The Morgan fingerprint density at radius 3 is 2.64 bits per heavy atom. The van der Waals surface area contributed by atoms with E-state index in [0.717, 1.165) is 78.4 Å². The smallest absolute Gasteiger partial charge is 0.258 e. The summed E-state index contributed by atoms with van der Waals surface area (Å²) in [6.45, 7) is 4.61. The van der Waals surface area contributed by atoms with Crippen LogP contribution in [0.1, 0.15) is 25.0 Å². The number of benzene rings is 2. The topological polar surface area (TPSA) is 79.5 Å². The van der Waals surface area contributed by atoms with Gasteiger partial charge in [0.05, 0.1) is 29.8 Å². The lowest BCUT2D eigenvalue weighted by atomic mass is 9.96. The Labute approximate surface area is 228 Å². The number of amides is 1. The van der Waals surface area contributed by atoms with Gasteiger partial charge in [-0.05, 0) is 80.7 Å². The number of nitrogens with zero attached hydrogens (tertiary/aromatic N) is 2. The quantitative estimate of drug-likeness (QED) is 0.358. The fraction of sp³-hybridized carbons (Fsp3) is 0.385. The Hall–Kier alpha value is -2.39. The molecule has 194 valence electrons. The van der Waals surface area contributed by atoms with E-state index in [1.165, 1.54) is 11.8 Å². The SMILES string of the molecule is COc1ccc(OCCCN2CCC(CNC(=O)C3=Cc4n[nH]c5cccc(c45)S3)CC2)cc1.Cl.Cl. The molecule has 36 heavy (non-hydrogen) atoms. The Kier molecular flexibility index (Phi) is 10.4. The maximum absolute atomic E-state index is 12.8. The van der Waals surface area contributed by atoms with E-state index in [1.54, 1.807) is 7.11 Å². The summed E-state index contributed by atoms with van der Waals surface area (Å²) in [5.74, 6) is 2.23.